The molecular weight excluding hydrogens is 246 g/mol. The predicted octanol–water partition coefficient (Wildman–Crippen LogP) is 3.13. The van der Waals surface area contributed by atoms with E-state index in [9.17, 15) is 9.59 Å². The first-order chi connectivity index (χ1) is 8.36. The molecule has 1 aromatic carbocycles. The molecule has 0 aliphatic carbocycles. The molecule has 0 radical (unpaired) electrons. The highest BCUT2D eigenvalue weighted by atomic mass is 32.2. The lowest BCUT2D eigenvalue weighted by Crippen LogP contribution is -2.44. The number of benzene rings is 1. The minimum absolute atomic E-state index is 0.0922. The lowest BCUT2D eigenvalue weighted by atomic mass is 10.1. The molecule has 0 fully saturated rings. The van der Waals surface area contributed by atoms with Crippen molar-refractivity contribution in [2.75, 3.05) is 11.9 Å². The molecule has 0 atom stereocenters. The summed E-state index contributed by atoms with van der Waals surface area (Å²) in [6.45, 7) is 5.68. The van der Waals surface area contributed by atoms with Gasteiger partial charge in [0.2, 0.25) is 5.91 Å². The molecule has 0 bridgehead atoms. The second kappa shape index (κ2) is 4.43. The summed E-state index contributed by atoms with van der Waals surface area (Å²) < 4.78 is -0.477. The van der Waals surface area contributed by atoms with Gasteiger partial charge in [-0.2, -0.15) is 0 Å². The highest BCUT2D eigenvalue weighted by molar-refractivity contribution is 8.01. The van der Waals surface area contributed by atoms with Crippen LogP contribution in [-0.4, -0.2) is 23.5 Å². The molecule has 0 spiro atoms. The minimum Gasteiger partial charge on any atom is -0.313 e. The summed E-state index contributed by atoms with van der Waals surface area (Å²) in [6, 6.07) is 5.56. The van der Waals surface area contributed by atoms with Gasteiger partial charge in [0.25, 0.3) is 0 Å². The van der Waals surface area contributed by atoms with Gasteiger partial charge in [-0.15, -0.1) is 11.8 Å². The Bertz CT molecular complexity index is 523. The van der Waals surface area contributed by atoms with Crippen LogP contribution in [0.1, 0.15) is 37.6 Å². The summed E-state index contributed by atoms with van der Waals surface area (Å²) in [7, 11) is 1.78. The molecule has 0 aromatic heterocycles. The summed E-state index contributed by atoms with van der Waals surface area (Å²) in [5.41, 5.74) is 1.61. The zero-order valence-electron chi connectivity index (χ0n) is 11.1. The highest BCUT2D eigenvalue weighted by Crippen LogP contribution is 2.44. The zero-order valence-corrected chi connectivity index (χ0v) is 11.9. The van der Waals surface area contributed by atoms with E-state index in [0.29, 0.717) is 6.42 Å². The topological polar surface area (TPSA) is 37.4 Å². The second-order valence-corrected chi connectivity index (χ2v) is 6.60. The van der Waals surface area contributed by atoms with Crippen molar-refractivity contribution in [3.63, 3.8) is 0 Å². The summed E-state index contributed by atoms with van der Waals surface area (Å²) in [5.74, 6) is 0.227. The van der Waals surface area contributed by atoms with E-state index < -0.39 is 4.75 Å². The number of hydrogen-bond acceptors (Lipinski definition) is 3. The lowest BCUT2D eigenvalue weighted by Gasteiger charge is -2.35. The Kier molecular flexibility index (Phi) is 3.23. The molecule has 0 N–H and O–H groups in total. The van der Waals surface area contributed by atoms with E-state index in [-0.39, 0.29) is 11.7 Å². The first-order valence-electron chi connectivity index (χ1n) is 6.01. The molecule has 1 aliphatic rings. The fourth-order valence-corrected chi connectivity index (χ4v) is 3.35. The maximum atomic E-state index is 12.1. The van der Waals surface area contributed by atoms with Crippen molar-refractivity contribution in [2.45, 2.75) is 36.8 Å². The van der Waals surface area contributed by atoms with Gasteiger partial charge in [0.1, 0.15) is 0 Å². The first-order valence-corrected chi connectivity index (χ1v) is 6.83. The molecule has 3 nitrogen and oxygen atoms in total. The second-order valence-electron chi connectivity index (χ2n) is 4.94. The van der Waals surface area contributed by atoms with E-state index in [1.807, 2.05) is 32.9 Å². The van der Waals surface area contributed by atoms with Gasteiger partial charge >= 0.3 is 0 Å². The van der Waals surface area contributed by atoms with Crippen LogP contribution in [0.5, 0.6) is 0 Å². The molecule has 0 unspecified atom stereocenters. The van der Waals surface area contributed by atoms with Gasteiger partial charge in [0.15, 0.2) is 5.78 Å². The zero-order chi connectivity index (χ0) is 13.5. The Balaban J connectivity index is 2.49. The van der Waals surface area contributed by atoms with Gasteiger partial charge in [-0.1, -0.05) is 6.92 Å². The third-order valence-electron chi connectivity index (χ3n) is 3.15. The maximum Gasteiger partial charge on any atom is 0.242 e. The van der Waals surface area contributed by atoms with Crippen molar-refractivity contribution in [3.05, 3.63) is 23.8 Å². The fourth-order valence-electron chi connectivity index (χ4n) is 2.08. The Morgan fingerprint density at radius 3 is 2.67 bits per heavy atom. The van der Waals surface area contributed by atoms with Crippen molar-refractivity contribution in [1.82, 2.24) is 0 Å². The van der Waals surface area contributed by atoms with E-state index >= 15 is 0 Å². The number of hydrogen-bond donors (Lipinski definition) is 0. The van der Waals surface area contributed by atoms with Crippen LogP contribution in [-0.2, 0) is 4.79 Å². The summed E-state index contributed by atoms with van der Waals surface area (Å²) in [4.78, 5) is 26.5. The Labute approximate surface area is 112 Å². The van der Waals surface area contributed by atoms with Crippen LogP contribution < -0.4 is 4.90 Å². The van der Waals surface area contributed by atoms with E-state index in [4.69, 9.17) is 0 Å². The van der Waals surface area contributed by atoms with Gasteiger partial charge in [-0.25, -0.2) is 0 Å². The summed E-state index contributed by atoms with van der Waals surface area (Å²) in [6.07, 6.45) is 0.502. The smallest absolute Gasteiger partial charge is 0.242 e. The number of carbonyl (C=O) groups is 2. The van der Waals surface area contributed by atoms with Gasteiger partial charge in [0.05, 0.1) is 10.4 Å². The largest absolute Gasteiger partial charge is 0.313 e. The van der Waals surface area contributed by atoms with Crippen LogP contribution in [0, 0.1) is 0 Å². The molecule has 1 amide bonds. The van der Waals surface area contributed by atoms with E-state index in [1.54, 1.807) is 18.0 Å². The van der Waals surface area contributed by atoms with E-state index in [1.165, 1.54) is 11.8 Å². The van der Waals surface area contributed by atoms with Gasteiger partial charge in [-0.05, 0) is 32.0 Å². The number of nitrogens with zero attached hydrogens (tertiary/aromatic N) is 1. The molecule has 96 valence electrons. The van der Waals surface area contributed by atoms with E-state index in [2.05, 4.69) is 0 Å². The van der Waals surface area contributed by atoms with Gasteiger partial charge in [-0.3, -0.25) is 9.59 Å². The number of anilines is 1. The standard InChI is InChI=1S/C14H17NO2S/c1-5-11(16)9-6-7-10-12(8-9)18-14(2,3)13(17)15(10)4/h6-8H,5H2,1-4H3. The highest BCUT2D eigenvalue weighted by Gasteiger charge is 2.38. The third-order valence-corrected chi connectivity index (χ3v) is 4.38. The van der Waals surface area contributed by atoms with Gasteiger partial charge in [0, 0.05) is 23.9 Å². The SMILES string of the molecule is CCC(=O)c1ccc2c(c1)SC(C)(C)C(=O)N2C. The molecule has 1 aliphatic heterocycles. The third kappa shape index (κ3) is 2.05. The Hall–Kier alpha value is -1.29. The Morgan fingerprint density at radius 2 is 2.06 bits per heavy atom. The summed E-state index contributed by atoms with van der Waals surface area (Å²) in [5, 5.41) is 0. The van der Waals surface area contributed by atoms with Crippen LogP contribution in [0.15, 0.2) is 23.1 Å². The maximum absolute atomic E-state index is 12.1. The quantitative estimate of drug-likeness (QED) is 0.769. The molecule has 0 saturated carbocycles. The number of Topliss-reactive ketones (excluding diaryl/α,β-unsaturated/α-hetero) is 1. The van der Waals surface area contributed by atoms with Crippen LogP contribution in [0.3, 0.4) is 0 Å². The summed E-state index contributed by atoms with van der Waals surface area (Å²) >= 11 is 1.52. The number of carbonyl (C=O) groups excluding carboxylic acids is 2. The number of thioether (sulfide) groups is 1. The minimum atomic E-state index is -0.477. The number of rotatable bonds is 2. The van der Waals surface area contributed by atoms with Crippen molar-refractivity contribution >= 4 is 29.1 Å². The number of amides is 1. The van der Waals surface area contributed by atoms with Crippen molar-refractivity contribution in [3.8, 4) is 0 Å². The van der Waals surface area contributed by atoms with Crippen LogP contribution in [0.4, 0.5) is 5.69 Å². The number of fused-ring (bicyclic) bond motifs is 1. The van der Waals surface area contributed by atoms with Crippen LogP contribution in [0.2, 0.25) is 0 Å². The number of ketones is 1. The predicted molar refractivity (Wildman–Crippen MR) is 74.4 cm³/mol. The van der Waals surface area contributed by atoms with Gasteiger partial charge < -0.3 is 4.90 Å². The molecule has 18 heavy (non-hydrogen) atoms. The molecule has 1 heterocycles. The molecule has 1 aromatic rings. The average molecular weight is 263 g/mol. The van der Waals surface area contributed by atoms with E-state index in [0.717, 1.165) is 16.1 Å². The first kappa shape index (κ1) is 13.1. The average Bonchev–Trinajstić information content (AvgIpc) is 2.34. The van der Waals surface area contributed by atoms with Crippen molar-refractivity contribution in [1.29, 1.82) is 0 Å². The molecular formula is C14H17NO2S. The van der Waals surface area contributed by atoms with Crippen molar-refractivity contribution in [2.24, 2.45) is 0 Å². The Morgan fingerprint density at radius 1 is 1.39 bits per heavy atom. The van der Waals surface area contributed by atoms with Crippen molar-refractivity contribution < 1.29 is 9.59 Å². The molecule has 4 heteroatoms. The normalized spacial score (nSPS) is 17.6. The van der Waals surface area contributed by atoms with Crippen LogP contribution >= 0.6 is 11.8 Å². The fraction of sp³-hybridized carbons (Fsp3) is 0.429. The molecule has 0 saturated heterocycles. The molecule has 2 rings (SSSR count). The monoisotopic (exact) mass is 263 g/mol. The lowest BCUT2D eigenvalue weighted by molar-refractivity contribution is -0.120. The van der Waals surface area contributed by atoms with Crippen LogP contribution in [0.25, 0.3) is 0 Å².